The van der Waals surface area contributed by atoms with Crippen LogP contribution in [0.4, 0.5) is 11.4 Å². The van der Waals surface area contributed by atoms with E-state index in [0.717, 1.165) is 46.8 Å². The molecule has 0 fully saturated rings. The van der Waals surface area contributed by atoms with Crippen LogP contribution in [0, 0.1) is 0 Å². The van der Waals surface area contributed by atoms with Crippen LogP contribution in [-0.4, -0.2) is 39.4 Å². The van der Waals surface area contributed by atoms with E-state index in [1.165, 1.54) is 7.11 Å². The van der Waals surface area contributed by atoms with Crippen LogP contribution in [0.2, 0.25) is 0 Å². The van der Waals surface area contributed by atoms with Crippen molar-refractivity contribution < 1.29 is 19.0 Å². The Bertz CT molecular complexity index is 1120. The Balaban J connectivity index is 1.60. The van der Waals surface area contributed by atoms with Crippen molar-refractivity contribution in [3.8, 4) is 16.9 Å². The molecule has 0 aliphatic carbocycles. The first-order chi connectivity index (χ1) is 16.7. The van der Waals surface area contributed by atoms with Gasteiger partial charge in [-0.1, -0.05) is 43.3 Å². The molecule has 3 aromatic rings. The molecule has 0 amide bonds. The standard InChI is InChI=1S/C29H31NO4/c1-3-17-33-18-19-34-27-12-9-22(10-13-27)23-11-14-28-25(20-23)21-24(29(31)32-2)15-16-30(28)26-7-5-4-6-8-26/h4-14,20-21H,3,15-19H2,1-2H3. The summed E-state index contributed by atoms with van der Waals surface area (Å²) in [5.74, 6) is 0.539. The second kappa shape index (κ2) is 11.5. The van der Waals surface area contributed by atoms with Crippen molar-refractivity contribution in [2.24, 2.45) is 0 Å². The quantitative estimate of drug-likeness (QED) is 0.280. The molecule has 0 radical (unpaired) electrons. The number of benzene rings is 3. The third-order valence-corrected chi connectivity index (χ3v) is 5.80. The summed E-state index contributed by atoms with van der Waals surface area (Å²) in [5.41, 5.74) is 6.00. The molecule has 176 valence electrons. The van der Waals surface area contributed by atoms with Gasteiger partial charge < -0.3 is 19.1 Å². The fourth-order valence-corrected chi connectivity index (χ4v) is 4.08. The maximum absolute atomic E-state index is 12.4. The molecule has 5 nitrogen and oxygen atoms in total. The number of esters is 1. The van der Waals surface area contributed by atoms with Crippen molar-refractivity contribution in [1.82, 2.24) is 0 Å². The molecule has 0 aromatic heterocycles. The zero-order valence-electron chi connectivity index (χ0n) is 19.8. The van der Waals surface area contributed by atoms with Crippen molar-refractivity contribution in [1.29, 1.82) is 0 Å². The van der Waals surface area contributed by atoms with Crippen molar-refractivity contribution in [2.75, 3.05) is 38.4 Å². The highest BCUT2D eigenvalue weighted by molar-refractivity contribution is 5.96. The minimum Gasteiger partial charge on any atom is -0.491 e. The van der Waals surface area contributed by atoms with E-state index in [2.05, 4.69) is 54.3 Å². The van der Waals surface area contributed by atoms with Crippen molar-refractivity contribution in [2.45, 2.75) is 19.8 Å². The minimum atomic E-state index is -0.282. The predicted octanol–water partition coefficient (Wildman–Crippen LogP) is 6.26. The van der Waals surface area contributed by atoms with E-state index in [-0.39, 0.29) is 5.97 Å². The van der Waals surface area contributed by atoms with Gasteiger partial charge in [0, 0.05) is 30.1 Å². The molecule has 5 heteroatoms. The van der Waals surface area contributed by atoms with Gasteiger partial charge in [0.15, 0.2) is 0 Å². The van der Waals surface area contributed by atoms with E-state index in [1.54, 1.807) is 0 Å². The smallest absolute Gasteiger partial charge is 0.333 e. The Morgan fingerprint density at radius 2 is 1.68 bits per heavy atom. The lowest BCUT2D eigenvalue weighted by Gasteiger charge is -2.25. The molecule has 0 N–H and O–H groups in total. The zero-order valence-corrected chi connectivity index (χ0v) is 19.8. The van der Waals surface area contributed by atoms with Crippen molar-refractivity contribution in [3.05, 3.63) is 83.9 Å². The van der Waals surface area contributed by atoms with Crippen LogP contribution >= 0.6 is 0 Å². The topological polar surface area (TPSA) is 48.0 Å². The van der Waals surface area contributed by atoms with Gasteiger partial charge >= 0.3 is 5.97 Å². The number of rotatable bonds is 9. The Kier molecular flexibility index (Phi) is 7.99. The summed E-state index contributed by atoms with van der Waals surface area (Å²) < 4.78 is 16.3. The summed E-state index contributed by atoms with van der Waals surface area (Å²) in [6.07, 6.45) is 3.58. The highest BCUT2D eigenvalue weighted by Crippen LogP contribution is 2.36. The number of fused-ring (bicyclic) bond motifs is 1. The lowest BCUT2D eigenvalue weighted by atomic mass is 10.00. The van der Waals surface area contributed by atoms with Crippen LogP contribution in [0.1, 0.15) is 25.3 Å². The van der Waals surface area contributed by atoms with Crippen LogP contribution < -0.4 is 9.64 Å². The second-order valence-electron chi connectivity index (χ2n) is 8.16. The van der Waals surface area contributed by atoms with Gasteiger partial charge in [0.2, 0.25) is 0 Å². The Hall–Kier alpha value is -3.57. The molecule has 4 rings (SSSR count). The molecule has 0 bridgehead atoms. The number of anilines is 2. The number of ether oxygens (including phenoxy) is 3. The number of nitrogens with zero attached hydrogens (tertiary/aromatic N) is 1. The van der Waals surface area contributed by atoms with Crippen LogP contribution in [0.3, 0.4) is 0 Å². The third-order valence-electron chi connectivity index (χ3n) is 5.80. The number of carbonyl (C=O) groups excluding carboxylic acids is 1. The highest BCUT2D eigenvalue weighted by atomic mass is 16.5. The first-order valence-electron chi connectivity index (χ1n) is 11.8. The van der Waals surface area contributed by atoms with E-state index in [9.17, 15) is 4.79 Å². The van der Waals surface area contributed by atoms with E-state index in [0.29, 0.717) is 31.8 Å². The van der Waals surface area contributed by atoms with Gasteiger partial charge in [-0.25, -0.2) is 4.79 Å². The average Bonchev–Trinajstić information content (AvgIpc) is 3.08. The molecule has 34 heavy (non-hydrogen) atoms. The lowest BCUT2D eigenvalue weighted by Crippen LogP contribution is -2.19. The largest absolute Gasteiger partial charge is 0.491 e. The summed E-state index contributed by atoms with van der Waals surface area (Å²) >= 11 is 0. The fraction of sp³-hybridized carbons (Fsp3) is 0.276. The molecule has 1 aliphatic heterocycles. The van der Waals surface area contributed by atoms with E-state index >= 15 is 0 Å². The SMILES string of the molecule is CCCOCCOc1ccc(-c2ccc3c(c2)C=C(C(=O)OC)CCN3c2ccccc2)cc1. The number of carbonyl (C=O) groups is 1. The molecular formula is C29H31NO4. The van der Waals surface area contributed by atoms with Crippen molar-refractivity contribution in [3.63, 3.8) is 0 Å². The molecule has 0 spiro atoms. The Labute approximate surface area is 201 Å². The molecule has 0 unspecified atom stereocenters. The van der Waals surface area contributed by atoms with Crippen LogP contribution in [-0.2, 0) is 14.3 Å². The third kappa shape index (κ3) is 5.67. The average molecular weight is 458 g/mol. The first kappa shape index (κ1) is 23.6. The summed E-state index contributed by atoms with van der Waals surface area (Å²) in [4.78, 5) is 14.6. The molecular weight excluding hydrogens is 426 g/mol. The maximum atomic E-state index is 12.4. The molecule has 1 aliphatic rings. The second-order valence-corrected chi connectivity index (χ2v) is 8.16. The fourth-order valence-electron chi connectivity index (χ4n) is 4.08. The maximum Gasteiger partial charge on any atom is 0.333 e. The number of hydrogen-bond donors (Lipinski definition) is 0. The summed E-state index contributed by atoms with van der Waals surface area (Å²) in [6, 6.07) is 24.7. The summed E-state index contributed by atoms with van der Waals surface area (Å²) in [6.45, 7) is 4.68. The van der Waals surface area contributed by atoms with Gasteiger partial charge in [-0.2, -0.15) is 0 Å². The van der Waals surface area contributed by atoms with Gasteiger partial charge in [-0.05, 0) is 72.0 Å². The van der Waals surface area contributed by atoms with Gasteiger partial charge in [0.05, 0.1) is 13.7 Å². The van der Waals surface area contributed by atoms with E-state index in [1.807, 2.05) is 36.4 Å². The molecule has 1 heterocycles. The first-order valence-corrected chi connectivity index (χ1v) is 11.8. The van der Waals surface area contributed by atoms with Gasteiger partial charge in [-0.3, -0.25) is 0 Å². The zero-order chi connectivity index (χ0) is 23.8. The monoisotopic (exact) mass is 457 g/mol. The molecule has 0 atom stereocenters. The number of hydrogen-bond acceptors (Lipinski definition) is 5. The lowest BCUT2D eigenvalue weighted by molar-refractivity contribution is -0.136. The van der Waals surface area contributed by atoms with Crippen LogP contribution in [0.15, 0.2) is 78.4 Å². The number of para-hydroxylation sites is 1. The Morgan fingerprint density at radius 3 is 2.41 bits per heavy atom. The predicted molar refractivity (Wildman–Crippen MR) is 137 cm³/mol. The van der Waals surface area contributed by atoms with Crippen LogP contribution in [0.5, 0.6) is 5.75 Å². The number of methoxy groups -OCH3 is 1. The van der Waals surface area contributed by atoms with Gasteiger partial charge in [0.1, 0.15) is 12.4 Å². The minimum absolute atomic E-state index is 0.282. The van der Waals surface area contributed by atoms with E-state index < -0.39 is 0 Å². The Morgan fingerprint density at radius 1 is 0.912 bits per heavy atom. The van der Waals surface area contributed by atoms with Gasteiger partial charge in [0.25, 0.3) is 0 Å². The summed E-state index contributed by atoms with van der Waals surface area (Å²) in [5, 5.41) is 0. The van der Waals surface area contributed by atoms with Crippen molar-refractivity contribution >= 4 is 23.4 Å². The molecule has 0 saturated carbocycles. The molecule has 3 aromatic carbocycles. The van der Waals surface area contributed by atoms with E-state index in [4.69, 9.17) is 14.2 Å². The summed E-state index contributed by atoms with van der Waals surface area (Å²) in [7, 11) is 1.43. The normalized spacial score (nSPS) is 13.0. The molecule has 0 saturated heterocycles. The highest BCUT2D eigenvalue weighted by Gasteiger charge is 2.21. The van der Waals surface area contributed by atoms with Crippen LogP contribution in [0.25, 0.3) is 17.2 Å². The van der Waals surface area contributed by atoms with Gasteiger partial charge in [-0.15, -0.1) is 0 Å².